The summed E-state index contributed by atoms with van der Waals surface area (Å²) in [7, 11) is 0. The molecule has 5 heteroatoms. The first-order chi connectivity index (χ1) is 6.67. The molecule has 0 aromatic carbocycles. The SMILES string of the molecule is CCC(CO)C(=O)Nc1ccc(Br)s1. The van der Waals surface area contributed by atoms with E-state index in [1.165, 1.54) is 11.3 Å². The van der Waals surface area contributed by atoms with E-state index < -0.39 is 0 Å². The zero-order valence-corrected chi connectivity index (χ0v) is 10.2. The molecule has 1 heterocycles. The van der Waals surface area contributed by atoms with Gasteiger partial charge in [-0.1, -0.05) is 6.92 Å². The van der Waals surface area contributed by atoms with Gasteiger partial charge in [0.2, 0.25) is 5.91 Å². The highest BCUT2D eigenvalue weighted by Crippen LogP contribution is 2.26. The molecule has 14 heavy (non-hydrogen) atoms. The standard InChI is InChI=1S/C9H12BrNO2S/c1-2-6(5-12)9(13)11-8-4-3-7(10)14-8/h3-4,6,12H,2,5H2,1H3,(H,11,13). The third-order valence-electron chi connectivity index (χ3n) is 1.90. The van der Waals surface area contributed by atoms with E-state index in [1.807, 2.05) is 19.1 Å². The van der Waals surface area contributed by atoms with Crippen LogP contribution >= 0.6 is 27.3 Å². The van der Waals surface area contributed by atoms with E-state index in [-0.39, 0.29) is 18.4 Å². The largest absolute Gasteiger partial charge is 0.396 e. The number of carbonyl (C=O) groups is 1. The molecule has 0 radical (unpaired) electrons. The number of amides is 1. The molecule has 0 bridgehead atoms. The van der Waals surface area contributed by atoms with E-state index in [9.17, 15) is 4.79 Å². The molecule has 0 saturated carbocycles. The second-order valence-electron chi connectivity index (χ2n) is 2.88. The van der Waals surface area contributed by atoms with E-state index in [0.717, 1.165) is 8.79 Å². The van der Waals surface area contributed by atoms with Crippen molar-refractivity contribution in [1.82, 2.24) is 0 Å². The van der Waals surface area contributed by atoms with E-state index in [2.05, 4.69) is 21.2 Å². The minimum atomic E-state index is -0.309. The van der Waals surface area contributed by atoms with Crippen molar-refractivity contribution in [3.8, 4) is 0 Å². The number of halogens is 1. The maximum absolute atomic E-state index is 11.5. The van der Waals surface area contributed by atoms with Crippen molar-refractivity contribution in [3.05, 3.63) is 15.9 Å². The van der Waals surface area contributed by atoms with Crippen molar-refractivity contribution in [1.29, 1.82) is 0 Å². The molecular weight excluding hydrogens is 266 g/mol. The van der Waals surface area contributed by atoms with Gasteiger partial charge in [0, 0.05) is 0 Å². The maximum atomic E-state index is 11.5. The topological polar surface area (TPSA) is 49.3 Å². The third kappa shape index (κ3) is 3.08. The Kier molecular flexibility index (Phi) is 4.57. The molecule has 1 amide bonds. The van der Waals surface area contributed by atoms with Gasteiger partial charge in [0.15, 0.2) is 0 Å². The molecule has 1 unspecified atom stereocenters. The molecule has 1 aromatic rings. The van der Waals surface area contributed by atoms with Crippen LogP contribution in [0.4, 0.5) is 5.00 Å². The van der Waals surface area contributed by atoms with Crippen LogP contribution in [0.1, 0.15) is 13.3 Å². The molecule has 1 aromatic heterocycles. The second-order valence-corrected chi connectivity index (χ2v) is 5.34. The Morgan fingerprint density at radius 2 is 2.43 bits per heavy atom. The molecular formula is C9H12BrNO2S. The quantitative estimate of drug-likeness (QED) is 0.888. The molecule has 0 saturated heterocycles. The molecule has 3 nitrogen and oxygen atoms in total. The Bertz CT molecular complexity index is 310. The van der Waals surface area contributed by atoms with Crippen molar-refractivity contribution in [2.45, 2.75) is 13.3 Å². The number of rotatable bonds is 4. The Morgan fingerprint density at radius 1 is 1.71 bits per heavy atom. The van der Waals surface area contributed by atoms with Crippen LogP contribution in [0.25, 0.3) is 0 Å². The monoisotopic (exact) mass is 277 g/mol. The molecule has 0 aliphatic heterocycles. The van der Waals surface area contributed by atoms with Gasteiger partial charge < -0.3 is 10.4 Å². The van der Waals surface area contributed by atoms with Gasteiger partial charge >= 0.3 is 0 Å². The van der Waals surface area contributed by atoms with Gasteiger partial charge in [-0.3, -0.25) is 4.79 Å². The molecule has 0 aliphatic rings. The number of nitrogens with one attached hydrogen (secondary N) is 1. The number of hydrogen-bond acceptors (Lipinski definition) is 3. The fraction of sp³-hybridized carbons (Fsp3) is 0.444. The normalized spacial score (nSPS) is 12.5. The Hall–Kier alpha value is -0.390. The van der Waals surface area contributed by atoms with Crippen LogP contribution in [0.3, 0.4) is 0 Å². The lowest BCUT2D eigenvalue weighted by Gasteiger charge is -2.10. The summed E-state index contributed by atoms with van der Waals surface area (Å²) in [5, 5.41) is 12.5. The summed E-state index contributed by atoms with van der Waals surface area (Å²) in [4.78, 5) is 11.5. The van der Waals surface area contributed by atoms with Gasteiger partial charge in [-0.2, -0.15) is 0 Å². The molecule has 0 spiro atoms. The first-order valence-electron chi connectivity index (χ1n) is 4.34. The van der Waals surface area contributed by atoms with Crippen LogP contribution in [0.15, 0.2) is 15.9 Å². The molecule has 0 fully saturated rings. The molecule has 1 atom stereocenters. The number of thiophene rings is 1. The highest BCUT2D eigenvalue weighted by Gasteiger charge is 2.15. The van der Waals surface area contributed by atoms with Gasteiger partial charge in [-0.15, -0.1) is 11.3 Å². The van der Waals surface area contributed by atoms with Crippen molar-refractivity contribution in [3.63, 3.8) is 0 Å². The van der Waals surface area contributed by atoms with Crippen LogP contribution in [0, 0.1) is 5.92 Å². The number of aliphatic hydroxyl groups is 1. The summed E-state index contributed by atoms with van der Waals surface area (Å²) in [6.45, 7) is 1.78. The molecule has 78 valence electrons. The lowest BCUT2D eigenvalue weighted by Crippen LogP contribution is -2.24. The average Bonchev–Trinajstić information content (AvgIpc) is 2.53. The van der Waals surface area contributed by atoms with Gasteiger partial charge in [-0.25, -0.2) is 0 Å². The zero-order valence-electron chi connectivity index (χ0n) is 7.79. The predicted molar refractivity (Wildman–Crippen MR) is 61.5 cm³/mol. The van der Waals surface area contributed by atoms with Gasteiger partial charge in [-0.05, 0) is 34.5 Å². The minimum Gasteiger partial charge on any atom is -0.396 e. The first-order valence-corrected chi connectivity index (χ1v) is 5.95. The minimum absolute atomic E-state index is 0.102. The van der Waals surface area contributed by atoms with E-state index in [4.69, 9.17) is 5.11 Å². The predicted octanol–water partition coefficient (Wildman–Crippen LogP) is 2.47. The second kappa shape index (κ2) is 5.48. The van der Waals surface area contributed by atoms with Crippen molar-refractivity contribution >= 4 is 38.2 Å². The molecule has 0 aliphatic carbocycles. The lowest BCUT2D eigenvalue weighted by atomic mass is 10.1. The summed E-state index contributed by atoms with van der Waals surface area (Å²) in [6, 6.07) is 3.71. The molecule has 2 N–H and O–H groups in total. The maximum Gasteiger partial charge on any atom is 0.230 e. The van der Waals surface area contributed by atoms with Crippen molar-refractivity contribution in [2.24, 2.45) is 5.92 Å². The van der Waals surface area contributed by atoms with Crippen molar-refractivity contribution < 1.29 is 9.90 Å². The van der Waals surface area contributed by atoms with Gasteiger partial charge in [0.05, 0.1) is 21.3 Å². The number of aliphatic hydroxyl groups excluding tert-OH is 1. The fourth-order valence-corrected chi connectivity index (χ4v) is 2.29. The van der Waals surface area contributed by atoms with Crippen LogP contribution in [0.2, 0.25) is 0 Å². The van der Waals surface area contributed by atoms with E-state index in [1.54, 1.807) is 0 Å². The Balaban J connectivity index is 2.56. The summed E-state index contributed by atoms with van der Waals surface area (Å²) in [5.74, 6) is -0.430. The highest BCUT2D eigenvalue weighted by atomic mass is 79.9. The lowest BCUT2D eigenvalue weighted by molar-refractivity contribution is -0.121. The van der Waals surface area contributed by atoms with Crippen LogP contribution < -0.4 is 5.32 Å². The number of anilines is 1. The first kappa shape index (κ1) is 11.7. The Labute approximate surface area is 95.3 Å². The van der Waals surface area contributed by atoms with Crippen LogP contribution in [-0.4, -0.2) is 17.6 Å². The summed E-state index contributed by atoms with van der Waals surface area (Å²) < 4.78 is 0.977. The summed E-state index contributed by atoms with van der Waals surface area (Å²) in [5.41, 5.74) is 0. The number of hydrogen-bond donors (Lipinski definition) is 2. The van der Waals surface area contributed by atoms with Gasteiger partial charge in [0.25, 0.3) is 0 Å². The smallest absolute Gasteiger partial charge is 0.230 e. The van der Waals surface area contributed by atoms with Crippen LogP contribution in [0.5, 0.6) is 0 Å². The average molecular weight is 278 g/mol. The molecule has 1 rings (SSSR count). The van der Waals surface area contributed by atoms with Crippen molar-refractivity contribution in [2.75, 3.05) is 11.9 Å². The Morgan fingerprint density at radius 3 is 2.86 bits per heavy atom. The fourth-order valence-electron chi connectivity index (χ4n) is 1.00. The zero-order chi connectivity index (χ0) is 10.6. The van der Waals surface area contributed by atoms with E-state index in [0.29, 0.717) is 6.42 Å². The van der Waals surface area contributed by atoms with Gasteiger partial charge in [0.1, 0.15) is 0 Å². The number of carbonyl (C=O) groups excluding carboxylic acids is 1. The van der Waals surface area contributed by atoms with Crippen LogP contribution in [-0.2, 0) is 4.79 Å². The third-order valence-corrected chi connectivity index (χ3v) is 3.44. The summed E-state index contributed by atoms with van der Waals surface area (Å²) in [6.07, 6.45) is 0.648. The van der Waals surface area contributed by atoms with E-state index >= 15 is 0 Å². The highest BCUT2D eigenvalue weighted by molar-refractivity contribution is 9.11. The summed E-state index contributed by atoms with van der Waals surface area (Å²) >= 11 is 4.77.